The molecule has 1 aromatic rings. The minimum atomic E-state index is -0.291. The van der Waals surface area contributed by atoms with E-state index in [0.717, 1.165) is 17.7 Å². The van der Waals surface area contributed by atoms with Crippen molar-refractivity contribution in [3.8, 4) is 5.75 Å². The van der Waals surface area contributed by atoms with Crippen LogP contribution in [0.25, 0.3) is 6.08 Å². The predicted molar refractivity (Wildman–Crippen MR) is 66.1 cm³/mol. The second-order valence-electron chi connectivity index (χ2n) is 4.04. The molecule has 0 spiro atoms. The number of carbonyl (C=O) groups excluding carboxylic acids is 1. The Balaban J connectivity index is 2.30. The van der Waals surface area contributed by atoms with Crippen LogP contribution in [0, 0.1) is 0 Å². The molecule has 1 aliphatic heterocycles. The Morgan fingerprint density at radius 1 is 1.53 bits per heavy atom. The Morgan fingerprint density at radius 2 is 2.35 bits per heavy atom. The van der Waals surface area contributed by atoms with E-state index < -0.39 is 0 Å². The van der Waals surface area contributed by atoms with Crippen molar-refractivity contribution in [1.82, 2.24) is 0 Å². The van der Waals surface area contributed by atoms with Gasteiger partial charge in [0.25, 0.3) is 0 Å². The van der Waals surface area contributed by atoms with Gasteiger partial charge in [-0.1, -0.05) is 12.2 Å². The zero-order valence-electron chi connectivity index (χ0n) is 10.1. The minimum absolute atomic E-state index is 0.168. The Morgan fingerprint density at radius 3 is 3.12 bits per heavy atom. The first-order chi connectivity index (χ1) is 8.20. The van der Waals surface area contributed by atoms with Crippen LogP contribution in [0.2, 0.25) is 0 Å². The molecule has 1 heterocycles. The number of esters is 1. The van der Waals surface area contributed by atoms with Crippen molar-refractivity contribution in [2.75, 3.05) is 6.61 Å². The Kier molecular flexibility index (Phi) is 3.47. The lowest BCUT2D eigenvalue weighted by Gasteiger charge is -2.13. The number of fused-ring (bicyclic) bond motifs is 1. The van der Waals surface area contributed by atoms with Crippen LogP contribution in [0.5, 0.6) is 5.75 Å². The molecule has 0 radical (unpaired) electrons. The summed E-state index contributed by atoms with van der Waals surface area (Å²) in [4.78, 5) is 11.6. The van der Waals surface area contributed by atoms with Crippen LogP contribution < -0.4 is 4.74 Å². The first-order valence-corrected chi connectivity index (χ1v) is 5.85. The Labute approximate surface area is 101 Å². The van der Waals surface area contributed by atoms with Gasteiger partial charge in [0, 0.05) is 12.0 Å². The van der Waals surface area contributed by atoms with Gasteiger partial charge < -0.3 is 9.47 Å². The largest absolute Gasteiger partial charge is 0.490 e. The van der Waals surface area contributed by atoms with E-state index in [1.165, 1.54) is 0 Å². The summed E-state index contributed by atoms with van der Waals surface area (Å²) in [7, 11) is 0. The van der Waals surface area contributed by atoms with E-state index in [2.05, 4.69) is 6.08 Å². The van der Waals surface area contributed by atoms with E-state index in [-0.39, 0.29) is 12.1 Å². The third-order valence-corrected chi connectivity index (χ3v) is 2.61. The molecular weight excluding hydrogens is 216 g/mol. The summed E-state index contributed by atoms with van der Waals surface area (Å²) < 4.78 is 10.7. The summed E-state index contributed by atoms with van der Waals surface area (Å²) in [6.45, 7) is 4.21. The van der Waals surface area contributed by atoms with E-state index in [4.69, 9.17) is 9.47 Å². The number of rotatable bonds is 2. The molecule has 1 atom stereocenters. The highest BCUT2D eigenvalue weighted by Crippen LogP contribution is 2.26. The van der Waals surface area contributed by atoms with Crippen LogP contribution in [-0.2, 0) is 4.74 Å². The molecule has 0 amide bonds. The third kappa shape index (κ3) is 2.67. The maximum absolute atomic E-state index is 11.6. The van der Waals surface area contributed by atoms with E-state index >= 15 is 0 Å². The van der Waals surface area contributed by atoms with Gasteiger partial charge in [0.05, 0.1) is 18.3 Å². The summed E-state index contributed by atoms with van der Waals surface area (Å²) >= 11 is 0. The van der Waals surface area contributed by atoms with Gasteiger partial charge >= 0.3 is 5.97 Å². The minimum Gasteiger partial charge on any atom is -0.490 e. The highest BCUT2D eigenvalue weighted by molar-refractivity contribution is 5.90. The lowest BCUT2D eigenvalue weighted by Crippen LogP contribution is -2.10. The average Bonchev–Trinajstić information content (AvgIpc) is 2.49. The van der Waals surface area contributed by atoms with Gasteiger partial charge in [0.15, 0.2) is 0 Å². The predicted octanol–water partition coefficient (Wildman–Crippen LogP) is 3.05. The van der Waals surface area contributed by atoms with Crippen LogP contribution in [0.1, 0.15) is 36.2 Å². The Hall–Kier alpha value is -1.77. The first-order valence-electron chi connectivity index (χ1n) is 5.85. The van der Waals surface area contributed by atoms with Gasteiger partial charge in [-0.25, -0.2) is 4.79 Å². The van der Waals surface area contributed by atoms with Crippen molar-refractivity contribution in [1.29, 1.82) is 0 Å². The van der Waals surface area contributed by atoms with Crippen LogP contribution >= 0.6 is 0 Å². The maximum Gasteiger partial charge on any atom is 0.338 e. The van der Waals surface area contributed by atoms with Gasteiger partial charge in [0.1, 0.15) is 5.75 Å². The van der Waals surface area contributed by atoms with Gasteiger partial charge in [-0.2, -0.15) is 0 Å². The number of ether oxygens (including phenoxy) is 2. The van der Waals surface area contributed by atoms with E-state index in [9.17, 15) is 4.79 Å². The van der Waals surface area contributed by atoms with Crippen LogP contribution in [0.15, 0.2) is 24.3 Å². The van der Waals surface area contributed by atoms with Crippen molar-refractivity contribution in [3.05, 3.63) is 35.4 Å². The van der Waals surface area contributed by atoms with Gasteiger partial charge in [0.2, 0.25) is 0 Å². The molecule has 0 bridgehead atoms. The Bertz CT molecular complexity index is 449. The van der Waals surface area contributed by atoms with Crippen LogP contribution in [0.3, 0.4) is 0 Å². The molecule has 1 aliphatic rings. The van der Waals surface area contributed by atoms with E-state index in [0.29, 0.717) is 12.2 Å². The van der Waals surface area contributed by atoms with Crippen molar-refractivity contribution < 1.29 is 14.3 Å². The fourth-order valence-electron chi connectivity index (χ4n) is 1.78. The normalized spacial score (nSPS) is 17.9. The zero-order chi connectivity index (χ0) is 12.3. The van der Waals surface area contributed by atoms with Crippen LogP contribution in [0.4, 0.5) is 0 Å². The second-order valence-corrected chi connectivity index (χ2v) is 4.04. The molecule has 0 saturated heterocycles. The van der Waals surface area contributed by atoms with Crippen molar-refractivity contribution in [3.63, 3.8) is 0 Å². The topological polar surface area (TPSA) is 35.5 Å². The molecule has 0 saturated carbocycles. The molecular formula is C14H16O3. The smallest absolute Gasteiger partial charge is 0.338 e. The fourth-order valence-corrected chi connectivity index (χ4v) is 1.78. The quantitative estimate of drug-likeness (QED) is 0.735. The maximum atomic E-state index is 11.6. The lowest BCUT2D eigenvalue weighted by atomic mass is 10.1. The lowest BCUT2D eigenvalue weighted by molar-refractivity contribution is 0.0526. The monoisotopic (exact) mass is 232 g/mol. The van der Waals surface area contributed by atoms with Gasteiger partial charge in [-0.05, 0) is 32.0 Å². The van der Waals surface area contributed by atoms with Crippen molar-refractivity contribution in [2.45, 2.75) is 26.4 Å². The van der Waals surface area contributed by atoms with Crippen LogP contribution in [-0.4, -0.2) is 18.7 Å². The highest BCUT2D eigenvalue weighted by atomic mass is 16.5. The first kappa shape index (κ1) is 11.7. The number of carbonyl (C=O) groups is 1. The van der Waals surface area contributed by atoms with Crippen molar-refractivity contribution >= 4 is 12.0 Å². The molecule has 1 unspecified atom stereocenters. The third-order valence-electron chi connectivity index (χ3n) is 2.61. The standard InChI is InChI=1S/C14H16O3/c1-3-16-14(15)12-7-8-13-11(9-12)6-4-5-10(2)17-13/h4,6-10H,3,5H2,1-2H3. The fraction of sp³-hybridized carbons (Fsp3) is 0.357. The van der Waals surface area contributed by atoms with Gasteiger partial charge in [-0.3, -0.25) is 0 Å². The SMILES string of the molecule is CCOC(=O)c1ccc2c(c1)C=CCC(C)O2. The molecule has 0 aromatic heterocycles. The highest BCUT2D eigenvalue weighted by Gasteiger charge is 2.13. The summed E-state index contributed by atoms with van der Waals surface area (Å²) in [6.07, 6.45) is 5.09. The van der Waals surface area contributed by atoms with E-state index in [1.807, 2.05) is 25.1 Å². The molecule has 0 fully saturated rings. The molecule has 90 valence electrons. The second kappa shape index (κ2) is 5.04. The summed E-state index contributed by atoms with van der Waals surface area (Å²) in [6, 6.07) is 5.37. The van der Waals surface area contributed by atoms with Crippen molar-refractivity contribution in [2.24, 2.45) is 0 Å². The molecule has 1 aromatic carbocycles. The average molecular weight is 232 g/mol. The molecule has 3 nitrogen and oxygen atoms in total. The molecule has 17 heavy (non-hydrogen) atoms. The summed E-state index contributed by atoms with van der Waals surface area (Å²) in [5, 5.41) is 0. The zero-order valence-corrected chi connectivity index (χ0v) is 10.1. The summed E-state index contributed by atoms with van der Waals surface area (Å²) in [5.74, 6) is 0.528. The number of hydrogen-bond donors (Lipinski definition) is 0. The molecule has 0 aliphatic carbocycles. The van der Waals surface area contributed by atoms with E-state index in [1.54, 1.807) is 13.0 Å². The van der Waals surface area contributed by atoms with Gasteiger partial charge in [-0.15, -0.1) is 0 Å². The molecule has 2 rings (SSSR count). The molecule has 0 N–H and O–H groups in total. The molecule has 3 heteroatoms. The summed E-state index contributed by atoms with van der Waals surface area (Å²) in [5.41, 5.74) is 1.49. The number of hydrogen-bond acceptors (Lipinski definition) is 3. The number of benzene rings is 1.